The molecule has 2 aromatic rings. The molecule has 0 unspecified atom stereocenters. The molecule has 0 heterocycles. The molecule has 0 saturated carbocycles. The fourth-order valence-electron chi connectivity index (χ4n) is 1.62. The summed E-state index contributed by atoms with van der Waals surface area (Å²) in [4.78, 5) is 10.7. The van der Waals surface area contributed by atoms with Crippen LogP contribution in [0.3, 0.4) is 0 Å². The minimum Gasteiger partial charge on any atom is -0.478 e. The first kappa shape index (κ1) is 12.5. The fraction of sp³-hybridized carbons (Fsp3) is 0.0714. The molecule has 0 aliphatic rings. The molecule has 18 heavy (non-hydrogen) atoms. The van der Waals surface area contributed by atoms with E-state index in [9.17, 15) is 4.79 Å². The largest absolute Gasteiger partial charge is 0.478 e. The maximum absolute atomic E-state index is 10.7. The summed E-state index contributed by atoms with van der Waals surface area (Å²) < 4.78 is 0. The molecule has 2 rings (SSSR count). The van der Waals surface area contributed by atoms with Crippen molar-refractivity contribution >= 4 is 28.9 Å². The first-order chi connectivity index (χ1) is 8.56. The predicted octanol–water partition coefficient (Wildman–Crippen LogP) is 4.09. The van der Waals surface area contributed by atoms with Crippen molar-refractivity contribution in [2.45, 2.75) is 6.92 Å². The lowest BCUT2D eigenvalue weighted by molar-refractivity contribution is 0.0697. The van der Waals surface area contributed by atoms with E-state index in [0.717, 1.165) is 16.9 Å². The van der Waals surface area contributed by atoms with Crippen molar-refractivity contribution in [3.8, 4) is 0 Å². The Kier molecular flexibility index (Phi) is 3.53. The summed E-state index contributed by atoms with van der Waals surface area (Å²) in [5, 5.41) is 12.7. The van der Waals surface area contributed by atoms with Gasteiger partial charge in [-0.05, 0) is 55.0 Å². The third kappa shape index (κ3) is 2.81. The molecule has 0 aliphatic heterocycles. The van der Waals surface area contributed by atoms with Crippen LogP contribution in [0.2, 0.25) is 5.02 Å². The maximum Gasteiger partial charge on any atom is 0.335 e. The monoisotopic (exact) mass is 261 g/mol. The molecule has 4 heteroatoms. The van der Waals surface area contributed by atoms with Crippen LogP contribution in [0.15, 0.2) is 42.5 Å². The van der Waals surface area contributed by atoms with Gasteiger partial charge in [0, 0.05) is 16.4 Å². The number of hydrogen-bond donors (Lipinski definition) is 2. The van der Waals surface area contributed by atoms with Crippen LogP contribution in [-0.4, -0.2) is 11.1 Å². The number of benzene rings is 2. The standard InChI is InChI=1S/C14H12ClNO2/c1-9-8-11(15)4-7-13(9)16-12-5-2-10(3-6-12)14(17)18/h2-8,16H,1H3,(H,17,18). The van der Waals surface area contributed by atoms with Crippen molar-refractivity contribution < 1.29 is 9.90 Å². The molecule has 0 aromatic heterocycles. The van der Waals surface area contributed by atoms with E-state index in [4.69, 9.17) is 16.7 Å². The van der Waals surface area contributed by atoms with Crippen LogP contribution in [-0.2, 0) is 0 Å². The van der Waals surface area contributed by atoms with Crippen molar-refractivity contribution in [3.05, 3.63) is 58.6 Å². The van der Waals surface area contributed by atoms with Crippen molar-refractivity contribution in [2.24, 2.45) is 0 Å². The van der Waals surface area contributed by atoms with Crippen molar-refractivity contribution in [1.82, 2.24) is 0 Å². The number of halogens is 1. The molecule has 0 amide bonds. The smallest absolute Gasteiger partial charge is 0.335 e. The highest BCUT2D eigenvalue weighted by atomic mass is 35.5. The van der Waals surface area contributed by atoms with Crippen molar-refractivity contribution in [2.75, 3.05) is 5.32 Å². The van der Waals surface area contributed by atoms with Gasteiger partial charge in [-0.25, -0.2) is 4.79 Å². The lowest BCUT2D eigenvalue weighted by Crippen LogP contribution is -1.97. The van der Waals surface area contributed by atoms with Gasteiger partial charge in [0.15, 0.2) is 0 Å². The normalized spacial score (nSPS) is 10.1. The second-order valence-electron chi connectivity index (χ2n) is 3.97. The minimum atomic E-state index is -0.927. The predicted molar refractivity (Wildman–Crippen MR) is 72.9 cm³/mol. The van der Waals surface area contributed by atoms with Crippen LogP contribution < -0.4 is 5.32 Å². The summed E-state index contributed by atoms with van der Waals surface area (Å²) in [6.07, 6.45) is 0. The van der Waals surface area contributed by atoms with Crippen LogP contribution >= 0.6 is 11.6 Å². The molecule has 0 spiro atoms. The van der Waals surface area contributed by atoms with Crippen molar-refractivity contribution in [3.63, 3.8) is 0 Å². The van der Waals surface area contributed by atoms with Gasteiger partial charge in [-0.3, -0.25) is 0 Å². The number of rotatable bonds is 3. The quantitative estimate of drug-likeness (QED) is 0.875. The molecule has 2 aromatic carbocycles. The van der Waals surface area contributed by atoms with Gasteiger partial charge in [0.05, 0.1) is 5.56 Å². The number of carbonyl (C=O) groups is 1. The zero-order valence-electron chi connectivity index (χ0n) is 9.77. The Morgan fingerprint density at radius 2 is 1.83 bits per heavy atom. The number of carboxylic acids is 1. The summed E-state index contributed by atoms with van der Waals surface area (Å²) in [7, 11) is 0. The van der Waals surface area contributed by atoms with E-state index in [2.05, 4.69) is 5.32 Å². The van der Waals surface area contributed by atoms with Gasteiger partial charge in [0.1, 0.15) is 0 Å². The fourth-order valence-corrected chi connectivity index (χ4v) is 1.85. The number of aryl methyl sites for hydroxylation is 1. The second kappa shape index (κ2) is 5.10. The molecule has 0 bridgehead atoms. The van der Waals surface area contributed by atoms with E-state index in [1.54, 1.807) is 24.3 Å². The zero-order valence-corrected chi connectivity index (χ0v) is 10.5. The molecule has 0 saturated heterocycles. The van der Waals surface area contributed by atoms with E-state index in [0.29, 0.717) is 5.02 Å². The van der Waals surface area contributed by atoms with Gasteiger partial charge in [0.25, 0.3) is 0 Å². The highest BCUT2D eigenvalue weighted by molar-refractivity contribution is 6.30. The second-order valence-corrected chi connectivity index (χ2v) is 4.40. The van der Waals surface area contributed by atoms with Crippen LogP contribution in [0.25, 0.3) is 0 Å². The average molecular weight is 262 g/mol. The zero-order chi connectivity index (χ0) is 13.1. The molecular weight excluding hydrogens is 250 g/mol. The van der Waals surface area contributed by atoms with Crippen molar-refractivity contribution in [1.29, 1.82) is 0 Å². The Morgan fingerprint density at radius 3 is 2.39 bits per heavy atom. The van der Waals surface area contributed by atoms with E-state index in [1.165, 1.54) is 0 Å². The Balaban J connectivity index is 2.21. The van der Waals surface area contributed by atoms with Gasteiger partial charge >= 0.3 is 5.97 Å². The van der Waals surface area contributed by atoms with Crippen LogP contribution in [0.4, 0.5) is 11.4 Å². The van der Waals surface area contributed by atoms with E-state index >= 15 is 0 Å². The Bertz CT molecular complexity index is 579. The molecule has 2 N–H and O–H groups in total. The Hall–Kier alpha value is -2.00. The summed E-state index contributed by atoms with van der Waals surface area (Å²) in [5.74, 6) is -0.927. The number of nitrogens with one attached hydrogen (secondary N) is 1. The first-order valence-electron chi connectivity index (χ1n) is 5.43. The number of hydrogen-bond acceptors (Lipinski definition) is 2. The SMILES string of the molecule is Cc1cc(Cl)ccc1Nc1ccc(C(=O)O)cc1. The van der Waals surface area contributed by atoms with E-state index in [-0.39, 0.29) is 5.56 Å². The average Bonchev–Trinajstić information content (AvgIpc) is 2.33. The first-order valence-corrected chi connectivity index (χ1v) is 5.80. The molecular formula is C14H12ClNO2. The summed E-state index contributed by atoms with van der Waals surface area (Å²) in [6.45, 7) is 1.96. The molecule has 92 valence electrons. The number of anilines is 2. The van der Waals surface area contributed by atoms with Gasteiger partial charge in [-0.15, -0.1) is 0 Å². The molecule has 0 aliphatic carbocycles. The Labute approximate surface area is 110 Å². The van der Waals surface area contributed by atoms with Crippen LogP contribution in [0, 0.1) is 6.92 Å². The van der Waals surface area contributed by atoms with Gasteiger partial charge in [-0.2, -0.15) is 0 Å². The van der Waals surface area contributed by atoms with E-state index < -0.39 is 5.97 Å². The molecule has 0 radical (unpaired) electrons. The maximum atomic E-state index is 10.7. The lowest BCUT2D eigenvalue weighted by Gasteiger charge is -2.10. The number of aromatic carboxylic acids is 1. The molecule has 0 atom stereocenters. The third-order valence-electron chi connectivity index (χ3n) is 2.60. The highest BCUT2D eigenvalue weighted by Gasteiger charge is 2.03. The van der Waals surface area contributed by atoms with E-state index in [1.807, 2.05) is 25.1 Å². The highest BCUT2D eigenvalue weighted by Crippen LogP contribution is 2.23. The number of carboxylic acid groups (broad SMARTS) is 1. The van der Waals surface area contributed by atoms with Crippen LogP contribution in [0.1, 0.15) is 15.9 Å². The van der Waals surface area contributed by atoms with Gasteiger partial charge < -0.3 is 10.4 Å². The lowest BCUT2D eigenvalue weighted by atomic mass is 10.1. The van der Waals surface area contributed by atoms with Gasteiger partial charge in [0.2, 0.25) is 0 Å². The Morgan fingerprint density at radius 1 is 1.17 bits per heavy atom. The summed E-state index contributed by atoms with van der Waals surface area (Å²) in [5.41, 5.74) is 3.09. The van der Waals surface area contributed by atoms with Gasteiger partial charge in [-0.1, -0.05) is 11.6 Å². The third-order valence-corrected chi connectivity index (χ3v) is 2.83. The van der Waals surface area contributed by atoms with Crippen LogP contribution in [0.5, 0.6) is 0 Å². The summed E-state index contributed by atoms with van der Waals surface area (Å²) >= 11 is 5.88. The molecule has 0 fully saturated rings. The molecule has 3 nitrogen and oxygen atoms in total. The minimum absolute atomic E-state index is 0.272. The topological polar surface area (TPSA) is 49.3 Å². The summed E-state index contributed by atoms with van der Waals surface area (Å²) in [6, 6.07) is 12.2.